The van der Waals surface area contributed by atoms with Gasteiger partial charge in [0.1, 0.15) is 16.8 Å². The minimum atomic E-state index is -0.284. The molecule has 4 rings (SSSR count). The van der Waals surface area contributed by atoms with E-state index in [0.29, 0.717) is 33.4 Å². The molecule has 1 fully saturated rings. The first kappa shape index (κ1) is 18.2. The Hall–Kier alpha value is -2.18. The van der Waals surface area contributed by atoms with Crippen molar-refractivity contribution in [1.29, 1.82) is 0 Å². The van der Waals surface area contributed by atoms with Crippen molar-refractivity contribution in [2.45, 2.75) is 38.0 Å². The van der Waals surface area contributed by atoms with Gasteiger partial charge in [0, 0.05) is 0 Å². The van der Waals surface area contributed by atoms with Crippen LogP contribution in [0.1, 0.15) is 43.6 Å². The first-order valence-electron chi connectivity index (χ1n) is 9.14. The summed E-state index contributed by atoms with van der Waals surface area (Å²) in [6, 6.07) is 11.6. The van der Waals surface area contributed by atoms with Gasteiger partial charge in [-0.05, 0) is 48.6 Å². The Labute approximate surface area is 167 Å². The molecule has 5 nitrogen and oxygen atoms in total. The van der Waals surface area contributed by atoms with Crippen molar-refractivity contribution in [3.05, 3.63) is 47.0 Å². The average Bonchev–Trinajstić information content (AvgIpc) is 3.19. The number of ether oxygens (including phenoxy) is 1. The summed E-state index contributed by atoms with van der Waals surface area (Å²) in [7, 11) is 0. The van der Waals surface area contributed by atoms with Gasteiger partial charge in [-0.1, -0.05) is 43.0 Å². The lowest BCUT2D eigenvalue weighted by molar-refractivity contribution is -0.118. The number of fused-ring (bicyclic) bond motifs is 1. The van der Waals surface area contributed by atoms with Crippen molar-refractivity contribution in [2.75, 3.05) is 11.9 Å². The van der Waals surface area contributed by atoms with Gasteiger partial charge < -0.3 is 10.1 Å². The fourth-order valence-electron chi connectivity index (χ4n) is 3.54. The van der Waals surface area contributed by atoms with Crippen molar-refractivity contribution in [2.24, 2.45) is 0 Å². The molecular formula is C20H20ClN3O2S. The number of rotatable bonds is 5. The van der Waals surface area contributed by atoms with Gasteiger partial charge in [0.05, 0.1) is 22.4 Å². The van der Waals surface area contributed by atoms with Gasteiger partial charge in [-0.2, -0.15) is 8.75 Å². The smallest absolute Gasteiger partial charge is 0.262 e. The summed E-state index contributed by atoms with van der Waals surface area (Å²) >= 11 is 7.28. The van der Waals surface area contributed by atoms with Crippen LogP contribution in [0.3, 0.4) is 0 Å². The summed E-state index contributed by atoms with van der Waals surface area (Å²) in [5, 5.41) is 3.21. The monoisotopic (exact) mass is 401 g/mol. The van der Waals surface area contributed by atoms with Crippen LogP contribution >= 0.6 is 23.3 Å². The number of hydrogen-bond donors (Lipinski definition) is 1. The van der Waals surface area contributed by atoms with E-state index in [1.54, 1.807) is 12.1 Å². The Morgan fingerprint density at radius 2 is 1.89 bits per heavy atom. The number of anilines is 1. The Bertz CT molecular complexity index is 936. The van der Waals surface area contributed by atoms with Crippen molar-refractivity contribution >= 4 is 46.0 Å². The topological polar surface area (TPSA) is 64.1 Å². The van der Waals surface area contributed by atoms with Crippen molar-refractivity contribution in [3.8, 4) is 5.75 Å². The number of nitrogens with zero attached hydrogens (tertiary/aromatic N) is 2. The average molecular weight is 402 g/mol. The van der Waals surface area contributed by atoms with E-state index < -0.39 is 0 Å². The molecule has 7 heteroatoms. The minimum Gasteiger partial charge on any atom is -0.484 e. The molecule has 0 radical (unpaired) electrons. The molecule has 0 aliphatic heterocycles. The fourth-order valence-corrected chi connectivity index (χ4v) is 4.28. The van der Waals surface area contributed by atoms with Crippen molar-refractivity contribution < 1.29 is 9.53 Å². The molecule has 27 heavy (non-hydrogen) atoms. The molecule has 0 bridgehead atoms. The van der Waals surface area contributed by atoms with Crippen LogP contribution in [-0.2, 0) is 4.79 Å². The standard InChI is InChI=1S/C20H20ClN3O2S/c21-16-10-11-17-20(24-27-23-17)19(16)22-18(25)12-26-15-8-6-14(7-9-15)13-4-2-1-3-5-13/h6-11,13H,1-5,12H2,(H,22,25). The van der Waals surface area contributed by atoms with Gasteiger partial charge in [0.15, 0.2) is 6.61 Å². The number of hydrogen-bond acceptors (Lipinski definition) is 5. The maximum absolute atomic E-state index is 12.3. The minimum absolute atomic E-state index is 0.0902. The second-order valence-corrected chi connectivity index (χ2v) is 7.73. The summed E-state index contributed by atoms with van der Waals surface area (Å²) < 4.78 is 14.0. The number of nitrogens with one attached hydrogen (secondary N) is 1. The van der Waals surface area contributed by atoms with Crippen LogP contribution in [0.25, 0.3) is 11.0 Å². The van der Waals surface area contributed by atoms with Crippen LogP contribution in [0.4, 0.5) is 5.69 Å². The lowest BCUT2D eigenvalue weighted by Gasteiger charge is -2.22. The molecule has 1 heterocycles. The third-order valence-electron chi connectivity index (χ3n) is 4.97. The molecule has 2 aromatic carbocycles. The van der Waals surface area contributed by atoms with E-state index in [0.717, 1.165) is 11.7 Å². The molecule has 1 N–H and O–H groups in total. The molecule has 0 atom stereocenters. The fraction of sp³-hybridized carbons (Fsp3) is 0.350. The maximum atomic E-state index is 12.3. The van der Waals surface area contributed by atoms with Crippen LogP contribution in [-0.4, -0.2) is 21.3 Å². The van der Waals surface area contributed by atoms with Gasteiger partial charge in [-0.3, -0.25) is 4.79 Å². The van der Waals surface area contributed by atoms with Gasteiger partial charge in [-0.15, -0.1) is 0 Å². The van der Waals surface area contributed by atoms with Crippen LogP contribution in [0.2, 0.25) is 5.02 Å². The predicted molar refractivity (Wildman–Crippen MR) is 109 cm³/mol. The van der Waals surface area contributed by atoms with E-state index in [1.165, 1.54) is 37.7 Å². The number of halogens is 1. The predicted octanol–water partition coefficient (Wildman–Crippen LogP) is 5.41. The molecule has 1 aliphatic carbocycles. The molecule has 0 spiro atoms. The first-order chi connectivity index (χ1) is 13.2. The van der Waals surface area contributed by atoms with Crippen LogP contribution in [0, 0.1) is 0 Å². The third-order valence-corrected chi connectivity index (χ3v) is 5.83. The molecule has 140 valence electrons. The van der Waals surface area contributed by atoms with Gasteiger partial charge in [0.25, 0.3) is 5.91 Å². The summed E-state index contributed by atoms with van der Waals surface area (Å²) in [6.45, 7) is -0.0902. The van der Waals surface area contributed by atoms with E-state index in [9.17, 15) is 4.79 Å². The number of carbonyl (C=O) groups excluding carboxylic acids is 1. The van der Waals surface area contributed by atoms with E-state index in [-0.39, 0.29) is 12.5 Å². The maximum Gasteiger partial charge on any atom is 0.262 e. The van der Waals surface area contributed by atoms with Gasteiger partial charge >= 0.3 is 0 Å². The zero-order valence-electron chi connectivity index (χ0n) is 14.8. The summed E-state index contributed by atoms with van der Waals surface area (Å²) in [6.07, 6.45) is 6.50. The first-order valence-corrected chi connectivity index (χ1v) is 10.2. The molecule has 1 amide bonds. The highest BCUT2D eigenvalue weighted by atomic mass is 35.5. The van der Waals surface area contributed by atoms with Crippen LogP contribution in [0.5, 0.6) is 5.75 Å². The number of amides is 1. The lowest BCUT2D eigenvalue weighted by atomic mass is 9.84. The highest BCUT2D eigenvalue weighted by Crippen LogP contribution is 2.33. The normalized spacial score (nSPS) is 15.0. The summed E-state index contributed by atoms with van der Waals surface area (Å²) in [5.74, 6) is 1.06. The Morgan fingerprint density at radius 1 is 1.11 bits per heavy atom. The van der Waals surface area contributed by atoms with Crippen molar-refractivity contribution in [1.82, 2.24) is 8.75 Å². The lowest BCUT2D eigenvalue weighted by Crippen LogP contribution is -2.20. The largest absolute Gasteiger partial charge is 0.484 e. The second kappa shape index (κ2) is 8.23. The number of benzene rings is 2. The van der Waals surface area contributed by atoms with E-state index in [4.69, 9.17) is 16.3 Å². The summed E-state index contributed by atoms with van der Waals surface area (Å²) in [5.41, 5.74) is 3.14. The third kappa shape index (κ3) is 4.22. The zero-order chi connectivity index (χ0) is 18.6. The van der Waals surface area contributed by atoms with E-state index in [1.807, 2.05) is 12.1 Å². The molecule has 1 aliphatic rings. The SMILES string of the molecule is O=C(COc1ccc(C2CCCCC2)cc1)Nc1c(Cl)ccc2nsnc12. The Balaban J connectivity index is 1.36. The summed E-state index contributed by atoms with van der Waals surface area (Å²) in [4.78, 5) is 12.3. The molecule has 3 aromatic rings. The quantitative estimate of drug-likeness (QED) is 0.620. The molecule has 1 aromatic heterocycles. The second-order valence-electron chi connectivity index (χ2n) is 6.80. The van der Waals surface area contributed by atoms with E-state index in [2.05, 4.69) is 26.2 Å². The highest BCUT2D eigenvalue weighted by Gasteiger charge is 2.16. The molecule has 0 saturated heterocycles. The van der Waals surface area contributed by atoms with Gasteiger partial charge in [0.2, 0.25) is 0 Å². The molecular weight excluding hydrogens is 382 g/mol. The molecule has 1 saturated carbocycles. The van der Waals surface area contributed by atoms with Crippen molar-refractivity contribution in [3.63, 3.8) is 0 Å². The zero-order valence-corrected chi connectivity index (χ0v) is 16.4. The molecule has 0 unspecified atom stereocenters. The number of aromatic nitrogens is 2. The van der Waals surface area contributed by atoms with Crippen LogP contribution in [0.15, 0.2) is 36.4 Å². The highest BCUT2D eigenvalue weighted by molar-refractivity contribution is 7.00. The Morgan fingerprint density at radius 3 is 2.67 bits per heavy atom. The Kier molecular flexibility index (Phi) is 5.55. The van der Waals surface area contributed by atoms with Crippen LogP contribution < -0.4 is 10.1 Å². The van der Waals surface area contributed by atoms with E-state index >= 15 is 0 Å². The van der Waals surface area contributed by atoms with Gasteiger partial charge in [-0.25, -0.2) is 0 Å². The number of carbonyl (C=O) groups is 1.